The minimum Gasteiger partial charge on any atom is -0.444 e. The molecule has 2 heterocycles. The van der Waals surface area contributed by atoms with Crippen molar-refractivity contribution in [3.8, 4) is 0 Å². The van der Waals surface area contributed by atoms with Gasteiger partial charge in [0.05, 0.1) is 11.2 Å². The normalized spacial score (nSPS) is 25.3. The molecule has 0 radical (unpaired) electrons. The summed E-state index contributed by atoms with van der Waals surface area (Å²) in [5.74, 6) is 0.243. The van der Waals surface area contributed by atoms with Crippen molar-refractivity contribution >= 4 is 13.2 Å². The lowest BCUT2D eigenvalue weighted by molar-refractivity contribution is 0.00578. The Bertz CT molecular complexity index is 608. The van der Waals surface area contributed by atoms with Crippen molar-refractivity contribution in [1.29, 1.82) is 0 Å². The molecule has 0 aromatic heterocycles. The Morgan fingerprint density at radius 3 is 2.21 bits per heavy atom. The van der Waals surface area contributed by atoms with Crippen LogP contribution in [0.3, 0.4) is 0 Å². The summed E-state index contributed by atoms with van der Waals surface area (Å²) >= 11 is 0. The Morgan fingerprint density at radius 2 is 1.75 bits per heavy atom. The number of amides is 1. The molecule has 1 unspecified atom stereocenters. The van der Waals surface area contributed by atoms with Crippen molar-refractivity contribution in [1.82, 2.24) is 4.90 Å². The molecule has 1 amide bonds. The maximum Gasteiger partial charge on any atom is 0.525 e. The number of ether oxygens (including phenoxy) is 1. The lowest BCUT2D eigenvalue weighted by atomic mass is 9.78. The van der Waals surface area contributed by atoms with Gasteiger partial charge in [0.25, 0.3) is 0 Å². The molecule has 7 heteroatoms. The Hall–Kier alpha value is -1.08. The lowest BCUT2D eigenvalue weighted by Gasteiger charge is -2.32. The van der Waals surface area contributed by atoms with Gasteiger partial charge in [0, 0.05) is 19.0 Å². The molecular weight excluding hydrogens is 360 g/mol. The third-order valence-electron chi connectivity index (χ3n) is 5.73. The first-order valence-corrected chi connectivity index (χ1v) is 10.3. The highest BCUT2D eigenvalue weighted by atomic mass is 19.1. The minimum atomic E-state index is -0.991. The maximum absolute atomic E-state index is 15.6. The van der Waals surface area contributed by atoms with Crippen molar-refractivity contribution < 1.29 is 23.2 Å². The molecule has 0 aromatic rings. The van der Waals surface area contributed by atoms with E-state index in [0.717, 1.165) is 0 Å². The topological polar surface area (TPSA) is 48.0 Å². The van der Waals surface area contributed by atoms with Gasteiger partial charge in [-0.15, -0.1) is 0 Å². The van der Waals surface area contributed by atoms with Gasteiger partial charge in [0.1, 0.15) is 11.3 Å². The van der Waals surface area contributed by atoms with Gasteiger partial charge in [0.15, 0.2) is 0 Å². The number of halogens is 1. The molecule has 2 rings (SSSR count). The third-order valence-corrected chi connectivity index (χ3v) is 5.73. The van der Waals surface area contributed by atoms with Crippen molar-refractivity contribution in [2.75, 3.05) is 13.1 Å². The average Bonchev–Trinajstić information content (AvgIpc) is 3.05. The van der Waals surface area contributed by atoms with E-state index in [1.165, 1.54) is 0 Å². The summed E-state index contributed by atoms with van der Waals surface area (Å²) in [4.78, 5) is 14.1. The molecule has 0 bridgehead atoms. The quantitative estimate of drug-likeness (QED) is 0.616. The Morgan fingerprint density at radius 1 is 1.21 bits per heavy atom. The van der Waals surface area contributed by atoms with E-state index in [1.807, 2.05) is 48.5 Å². The van der Waals surface area contributed by atoms with Gasteiger partial charge in [-0.05, 0) is 72.8 Å². The molecule has 5 nitrogen and oxygen atoms in total. The van der Waals surface area contributed by atoms with Gasteiger partial charge >= 0.3 is 13.2 Å². The Labute approximate surface area is 170 Å². The molecule has 0 spiro atoms. The SMILES string of the molecule is CC(C)CC(=C(F)B1OC(C)(C)C(C)(C)O1)C1CCN(C(=O)OC(C)(C)C)C1. The minimum absolute atomic E-state index is 0.0473. The van der Waals surface area contributed by atoms with E-state index < -0.39 is 23.9 Å². The smallest absolute Gasteiger partial charge is 0.444 e. The first-order valence-electron chi connectivity index (χ1n) is 10.3. The molecule has 2 aliphatic heterocycles. The van der Waals surface area contributed by atoms with Gasteiger partial charge in [-0.2, -0.15) is 0 Å². The van der Waals surface area contributed by atoms with Gasteiger partial charge < -0.3 is 18.9 Å². The summed E-state index contributed by atoms with van der Waals surface area (Å²) in [7, 11) is -0.991. The van der Waals surface area contributed by atoms with Gasteiger partial charge in [-0.3, -0.25) is 0 Å². The molecule has 160 valence electrons. The summed E-state index contributed by atoms with van der Waals surface area (Å²) in [5.41, 5.74) is -1.34. The van der Waals surface area contributed by atoms with Crippen LogP contribution in [0.4, 0.5) is 9.18 Å². The second-order valence-corrected chi connectivity index (χ2v) is 10.5. The Balaban J connectivity index is 2.20. The summed E-state index contributed by atoms with van der Waals surface area (Å²) in [5, 5.41) is 0. The van der Waals surface area contributed by atoms with E-state index in [2.05, 4.69) is 13.8 Å². The monoisotopic (exact) mass is 397 g/mol. The van der Waals surface area contributed by atoms with Crippen LogP contribution < -0.4 is 0 Å². The number of likely N-dealkylation sites (tertiary alicyclic amines) is 1. The fourth-order valence-electron chi connectivity index (χ4n) is 3.53. The van der Waals surface area contributed by atoms with Crippen LogP contribution in [-0.4, -0.2) is 48.0 Å². The number of rotatable bonds is 4. The molecule has 28 heavy (non-hydrogen) atoms. The number of hydrogen-bond donors (Lipinski definition) is 0. The van der Waals surface area contributed by atoms with E-state index >= 15 is 4.39 Å². The van der Waals surface area contributed by atoms with Crippen molar-refractivity contribution in [2.24, 2.45) is 11.8 Å². The average molecular weight is 397 g/mol. The van der Waals surface area contributed by atoms with Crippen molar-refractivity contribution in [2.45, 2.75) is 92.0 Å². The first-order chi connectivity index (χ1) is 12.6. The first kappa shape index (κ1) is 23.2. The molecule has 0 saturated carbocycles. The largest absolute Gasteiger partial charge is 0.525 e. The highest BCUT2D eigenvalue weighted by Gasteiger charge is 2.54. The van der Waals surface area contributed by atoms with E-state index in [1.54, 1.807) is 4.90 Å². The highest BCUT2D eigenvalue weighted by molar-refractivity contribution is 6.53. The van der Waals surface area contributed by atoms with Crippen LogP contribution in [0.15, 0.2) is 11.3 Å². The highest BCUT2D eigenvalue weighted by Crippen LogP contribution is 2.41. The summed E-state index contributed by atoms with van der Waals surface area (Å²) in [6.07, 6.45) is 0.992. The molecule has 2 fully saturated rings. The van der Waals surface area contributed by atoms with Crippen LogP contribution in [0.5, 0.6) is 0 Å². The van der Waals surface area contributed by atoms with Crippen molar-refractivity contribution in [3.05, 3.63) is 11.3 Å². The van der Waals surface area contributed by atoms with Gasteiger partial charge in [0.2, 0.25) is 0 Å². The van der Waals surface area contributed by atoms with Crippen LogP contribution in [0.1, 0.15) is 75.2 Å². The van der Waals surface area contributed by atoms with Gasteiger partial charge in [-0.25, -0.2) is 9.18 Å². The van der Waals surface area contributed by atoms with E-state index in [9.17, 15) is 4.79 Å². The molecule has 2 aliphatic rings. The van der Waals surface area contributed by atoms with E-state index in [-0.39, 0.29) is 17.7 Å². The summed E-state index contributed by atoms with van der Waals surface area (Å²) < 4.78 is 32.9. The van der Waals surface area contributed by atoms with Crippen molar-refractivity contribution in [3.63, 3.8) is 0 Å². The third kappa shape index (κ3) is 5.29. The second-order valence-electron chi connectivity index (χ2n) is 10.5. The van der Waals surface area contributed by atoms with Crippen LogP contribution in [0, 0.1) is 11.8 Å². The fraction of sp³-hybridized carbons (Fsp3) is 0.857. The molecule has 0 aliphatic carbocycles. The molecular formula is C21H37BFNO4. The zero-order valence-corrected chi connectivity index (χ0v) is 19.0. The molecule has 2 saturated heterocycles. The number of hydrogen-bond acceptors (Lipinski definition) is 4. The van der Waals surface area contributed by atoms with E-state index in [4.69, 9.17) is 14.0 Å². The zero-order chi connectivity index (χ0) is 21.5. The molecule has 0 N–H and O–H groups in total. The zero-order valence-electron chi connectivity index (χ0n) is 19.0. The van der Waals surface area contributed by atoms with Crippen LogP contribution in [0.2, 0.25) is 0 Å². The van der Waals surface area contributed by atoms with Crippen LogP contribution >= 0.6 is 0 Å². The summed E-state index contributed by atoms with van der Waals surface area (Å²) in [6.45, 7) is 18.4. The number of carbonyl (C=O) groups is 1. The number of carbonyl (C=O) groups excluding carboxylic acids is 1. The van der Waals surface area contributed by atoms with E-state index in [0.29, 0.717) is 37.4 Å². The van der Waals surface area contributed by atoms with Gasteiger partial charge in [-0.1, -0.05) is 13.8 Å². The predicted molar refractivity (Wildman–Crippen MR) is 110 cm³/mol. The van der Waals surface area contributed by atoms with Crippen LogP contribution in [-0.2, 0) is 14.0 Å². The molecule has 0 aromatic carbocycles. The second kappa shape index (κ2) is 7.98. The Kier molecular flexibility index (Phi) is 6.61. The van der Waals surface area contributed by atoms with Crippen LogP contribution in [0.25, 0.3) is 0 Å². The summed E-state index contributed by atoms with van der Waals surface area (Å²) in [6, 6.07) is 0. The lowest BCUT2D eigenvalue weighted by Crippen LogP contribution is -2.41. The predicted octanol–water partition coefficient (Wildman–Crippen LogP) is 5.14. The number of nitrogens with zero attached hydrogens (tertiary/aromatic N) is 1. The standard InChI is InChI=1S/C21H37BFNO4/c1-14(2)12-16(17(23)22-27-20(6,7)21(8,9)28-22)15-10-11-24(13-15)18(25)26-19(3,4)5/h14-15H,10-13H2,1-9H3. The molecule has 1 atom stereocenters. The maximum atomic E-state index is 15.6. The fourth-order valence-corrected chi connectivity index (χ4v) is 3.53.